The van der Waals surface area contributed by atoms with Crippen LogP contribution in [0.4, 0.5) is 18.9 Å². The summed E-state index contributed by atoms with van der Waals surface area (Å²) in [6.07, 6.45) is -3.08. The second-order valence-electron chi connectivity index (χ2n) is 3.24. The van der Waals surface area contributed by atoms with Gasteiger partial charge in [-0.1, -0.05) is 0 Å². The Morgan fingerprint density at radius 2 is 2.07 bits per heavy atom. The molecule has 0 aliphatic carbocycles. The van der Waals surface area contributed by atoms with Gasteiger partial charge in [-0.25, -0.2) is 4.98 Å². The molecule has 1 aromatic carbocycles. The first-order valence-electron chi connectivity index (χ1n) is 4.23. The SMILES string of the molecule is Nc1ccc2c(c1)ncn2CC(F)(F)F. The molecule has 0 saturated carbocycles. The lowest BCUT2D eigenvalue weighted by Gasteiger charge is -2.07. The topological polar surface area (TPSA) is 43.8 Å². The number of hydrogen-bond acceptors (Lipinski definition) is 2. The number of hydrogen-bond donors (Lipinski definition) is 1. The minimum absolute atomic E-state index is 0.432. The normalized spacial score (nSPS) is 12.2. The molecule has 2 aromatic rings. The molecule has 1 heterocycles. The Morgan fingerprint density at radius 3 is 2.73 bits per heavy atom. The van der Waals surface area contributed by atoms with Gasteiger partial charge in [0.25, 0.3) is 0 Å². The van der Waals surface area contributed by atoms with E-state index >= 15 is 0 Å². The van der Waals surface area contributed by atoms with Gasteiger partial charge in [-0.05, 0) is 18.2 Å². The van der Waals surface area contributed by atoms with Crippen LogP contribution in [0.2, 0.25) is 0 Å². The molecule has 80 valence electrons. The van der Waals surface area contributed by atoms with Crippen LogP contribution in [0.3, 0.4) is 0 Å². The summed E-state index contributed by atoms with van der Waals surface area (Å²) >= 11 is 0. The predicted molar refractivity (Wildman–Crippen MR) is 50.2 cm³/mol. The monoisotopic (exact) mass is 215 g/mol. The molecule has 0 unspecified atom stereocenters. The number of rotatable bonds is 1. The Kier molecular flexibility index (Phi) is 2.06. The lowest BCUT2D eigenvalue weighted by molar-refractivity contribution is -0.139. The van der Waals surface area contributed by atoms with E-state index in [1.165, 1.54) is 6.07 Å². The zero-order chi connectivity index (χ0) is 11.1. The average molecular weight is 215 g/mol. The standard InChI is InChI=1S/C9H8F3N3/c10-9(11,12)4-15-5-14-7-3-6(13)1-2-8(7)15/h1-3,5H,4,13H2. The minimum Gasteiger partial charge on any atom is -0.399 e. The third-order valence-corrected chi connectivity index (χ3v) is 1.99. The first kappa shape index (κ1) is 9.82. The van der Waals surface area contributed by atoms with Crippen molar-refractivity contribution >= 4 is 16.7 Å². The number of halogens is 3. The summed E-state index contributed by atoms with van der Waals surface area (Å²) in [6.45, 7) is -1.03. The van der Waals surface area contributed by atoms with E-state index in [1.807, 2.05) is 0 Å². The Balaban J connectivity index is 2.45. The number of imidazole rings is 1. The molecule has 15 heavy (non-hydrogen) atoms. The number of nitrogens with zero attached hydrogens (tertiary/aromatic N) is 2. The molecule has 0 amide bonds. The molecule has 0 bridgehead atoms. The van der Waals surface area contributed by atoms with Gasteiger partial charge < -0.3 is 10.3 Å². The fraction of sp³-hybridized carbons (Fsp3) is 0.222. The first-order valence-corrected chi connectivity index (χ1v) is 4.23. The third kappa shape index (κ3) is 2.03. The van der Waals surface area contributed by atoms with Gasteiger partial charge >= 0.3 is 6.18 Å². The van der Waals surface area contributed by atoms with E-state index in [0.29, 0.717) is 16.7 Å². The smallest absolute Gasteiger partial charge is 0.399 e. The average Bonchev–Trinajstić information content (AvgIpc) is 2.45. The maximum absolute atomic E-state index is 12.2. The Bertz CT molecular complexity index is 487. The Labute approximate surface area is 83.3 Å². The van der Waals surface area contributed by atoms with Crippen molar-refractivity contribution in [2.75, 3.05) is 5.73 Å². The third-order valence-electron chi connectivity index (χ3n) is 1.99. The number of fused-ring (bicyclic) bond motifs is 1. The largest absolute Gasteiger partial charge is 0.406 e. The molecule has 0 spiro atoms. The summed E-state index contributed by atoms with van der Waals surface area (Å²) in [7, 11) is 0. The molecule has 2 N–H and O–H groups in total. The Hall–Kier alpha value is -1.72. The van der Waals surface area contributed by atoms with Gasteiger partial charge in [0.2, 0.25) is 0 Å². The molecular formula is C9H8F3N3. The maximum atomic E-state index is 12.2. The van der Waals surface area contributed by atoms with Crippen molar-refractivity contribution in [2.24, 2.45) is 0 Å². The van der Waals surface area contributed by atoms with Crippen LogP contribution in [0.15, 0.2) is 24.5 Å². The quantitative estimate of drug-likeness (QED) is 0.741. The van der Waals surface area contributed by atoms with Crippen LogP contribution in [0.1, 0.15) is 0 Å². The van der Waals surface area contributed by atoms with Gasteiger partial charge in [0.15, 0.2) is 0 Å². The fourth-order valence-electron chi connectivity index (χ4n) is 1.40. The van der Waals surface area contributed by atoms with Crippen molar-refractivity contribution in [1.29, 1.82) is 0 Å². The number of nitrogens with two attached hydrogens (primary N) is 1. The predicted octanol–water partition coefficient (Wildman–Crippen LogP) is 2.18. The molecule has 3 nitrogen and oxygen atoms in total. The molecule has 0 saturated heterocycles. The summed E-state index contributed by atoms with van der Waals surface area (Å²) in [6, 6.07) is 4.63. The number of nitrogen functional groups attached to an aromatic ring is 1. The van der Waals surface area contributed by atoms with Crippen molar-refractivity contribution in [3.63, 3.8) is 0 Å². The van der Waals surface area contributed by atoms with Gasteiger partial charge in [0.1, 0.15) is 6.54 Å². The lowest BCUT2D eigenvalue weighted by Crippen LogP contribution is -2.16. The number of benzene rings is 1. The number of aromatic nitrogens is 2. The summed E-state index contributed by atoms with van der Waals surface area (Å²) < 4.78 is 37.5. The summed E-state index contributed by atoms with van der Waals surface area (Å²) in [4.78, 5) is 3.85. The van der Waals surface area contributed by atoms with Crippen molar-refractivity contribution < 1.29 is 13.2 Å². The molecule has 0 aliphatic rings. The van der Waals surface area contributed by atoms with E-state index < -0.39 is 12.7 Å². The van der Waals surface area contributed by atoms with Gasteiger partial charge in [-0.2, -0.15) is 13.2 Å². The minimum atomic E-state index is -4.24. The zero-order valence-electron chi connectivity index (χ0n) is 7.62. The van der Waals surface area contributed by atoms with Crippen LogP contribution in [0.25, 0.3) is 11.0 Å². The van der Waals surface area contributed by atoms with Crippen LogP contribution in [0.5, 0.6) is 0 Å². The molecule has 0 aliphatic heterocycles. The Morgan fingerprint density at radius 1 is 1.33 bits per heavy atom. The first-order chi connectivity index (χ1) is 6.96. The van der Waals surface area contributed by atoms with Crippen molar-refractivity contribution in [3.05, 3.63) is 24.5 Å². The summed E-state index contributed by atoms with van der Waals surface area (Å²) in [5.74, 6) is 0. The molecule has 2 rings (SSSR count). The van der Waals surface area contributed by atoms with Gasteiger partial charge in [-0.15, -0.1) is 0 Å². The maximum Gasteiger partial charge on any atom is 0.406 e. The molecular weight excluding hydrogens is 207 g/mol. The van der Waals surface area contributed by atoms with Crippen molar-refractivity contribution in [2.45, 2.75) is 12.7 Å². The van der Waals surface area contributed by atoms with Crippen LogP contribution in [0, 0.1) is 0 Å². The van der Waals surface area contributed by atoms with Crippen LogP contribution < -0.4 is 5.73 Å². The highest BCUT2D eigenvalue weighted by atomic mass is 19.4. The van der Waals surface area contributed by atoms with E-state index in [9.17, 15) is 13.2 Å². The van der Waals surface area contributed by atoms with Gasteiger partial charge in [-0.3, -0.25) is 0 Å². The van der Waals surface area contributed by atoms with E-state index in [4.69, 9.17) is 5.73 Å². The molecule has 0 atom stereocenters. The van der Waals surface area contributed by atoms with Crippen LogP contribution in [-0.2, 0) is 6.54 Å². The highest BCUT2D eigenvalue weighted by Crippen LogP contribution is 2.22. The van der Waals surface area contributed by atoms with E-state index in [2.05, 4.69) is 4.98 Å². The van der Waals surface area contributed by atoms with Crippen molar-refractivity contribution in [1.82, 2.24) is 9.55 Å². The second kappa shape index (κ2) is 3.15. The highest BCUT2D eigenvalue weighted by Gasteiger charge is 2.28. The number of alkyl halides is 3. The van der Waals surface area contributed by atoms with Gasteiger partial charge in [0.05, 0.1) is 17.4 Å². The van der Waals surface area contributed by atoms with E-state index in [-0.39, 0.29) is 0 Å². The van der Waals surface area contributed by atoms with Gasteiger partial charge in [0, 0.05) is 5.69 Å². The zero-order valence-corrected chi connectivity index (χ0v) is 7.62. The number of anilines is 1. The van der Waals surface area contributed by atoms with Crippen LogP contribution in [-0.4, -0.2) is 15.7 Å². The fourth-order valence-corrected chi connectivity index (χ4v) is 1.40. The van der Waals surface area contributed by atoms with Crippen molar-refractivity contribution in [3.8, 4) is 0 Å². The van der Waals surface area contributed by atoms with E-state index in [0.717, 1.165) is 10.9 Å². The summed E-state index contributed by atoms with van der Waals surface area (Å²) in [5.41, 5.74) is 6.88. The second-order valence-corrected chi connectivity index (χ2v) is 3.24. The molecule has 6 heteroatoms. The highest BCUT2D eigenvalue weighted by molar-refractivity contribution is 5.78. The lowest BCUT2D eigenvalue weighted by atomic mass is 10.3. The molecule has 0 fully saturated rings. The molecule has 1 aromatic heterocycles. The molecule has 0 radical (unpaired) electrons. The van der Waals surface area contributed by atoms with E-state index in [1.54, 1.807) is 12.1 Å². The summed E-state index contributed by atoms with van der Waals surface area (Å²) in [5, 5.41) is 0. The van der Waals surface area contributed by atoms with Crippen LogP contribution >= 0.6 is 0 Å².